The van der Waals surface area contributed by atoms with Crippen molar-refractivity contribution in [3.05, 3.63) is 96.5 Å². The maximum Gasteiger partial charge on any atom is 0.357 e. The first-order valence-electron chi connectivity index (χ1n) is 8.11. The molecule has 140 valence electrons. The third kappa shape index (κ3) is 3.54. The van der Waals surface area contributed by atoms with Gasteiger partial charge in [0.1, 0.15) is 5.15 Å². The quantitative estimate of drug-likeness (QED) is 0.459. The van der Waals surface area contributed by atoms with Crippen molar-refractivity contribution in [1.82, 2.24) is 19.1 Å². The van der Waals surface area contributed by atoms with Crippen LogP contribution in [0, 0.1) is 0 Å². The van der Waals surface area contributed by atoms with Crippen LogP contribution in [-0.2, 0) is 6.54 Å². The molecule has 0 spiro atoms. The number of hydrogen-bond donors (Lipinski definition) is 0. The zero-order valence-corrected chi connectivity index (χ0v) is 16.4. The van der Waals surface area contributed by atoms with Gasteiger partial charge in [-0.15, -0.1) is 0 Å². The van der Waals surface area contributed by atoms with Crippen molar-refractivity contribution in [2.75, 3.05) is 0 Å². The van der Waals surface area contributed by atoms with Crippen LogP contribution in [0.5, 0.6) is 0 Å². The molecule has 6 nitrogen and oxygen atoms in total. The van der Waals surface area contributed by atoms with E-state index < -0.39 is 11.2 Å². The fourth-order valence-electron chi connectivity index (χ4n) is 2.90. The molecular formula is C19H11Cl3N4O2. The Morgan fingerprint density at radius 3 is 2.39 bits per heavy atom. The van der Waals surface area contributed by atoms with Crippen molar-refractivity contribution in [2.45, 2.75) is 6.54 Å². The topological polar surface area (TPSA) is 69.8 Å². The van der Waals surface area contributed by atoms with Crippen LogP contribution in [0.2, 0.25) is 15.2 Å². The lowest BCUT2D eigenvalue weighted by molar-refractivity contribution is 0.750. The molecule has 2 aliphatic rings. The fraction of sp³-hybridized carbons (Fsp3) is 0.0526. The molecular weight excluding hydrogens is 423 g/mol. The minimum absolute atomic E-state index is 0.263. The van der Waals surface area contributed by atoms with Crippen LogP contribution in [0.15, 0.2) is 64.4 Å². The number of benzene rings is 1. The SMILES string of the molecule is O=c1nc2n(Cc3ccc(Cl)nc3)cccc-2c(=O)n1-c1cc(Cl)cc(Cl)c1. The lowest BCUT2D eigenvalue weighted by Crippen LogP contribution is -2.36. The van der Waals surface area contributed by atoms with E-state index in [9.17, 15) is 9.59 Å². The highest BCUT2D eigenvalue weighted by Gasteiger charge is 2.18. The molecule has 0 amide bonds. The van der Waals surface area contributed by atoms with Crippen LogP contribution in [0.4, 0.5) is 0 Å². The highest BCUT2D eigenvalue weighted by molar-refractivity contribution is 6.34. The molecule has 0 atom stereocenters. The number of aromatic nitrogens is 4. The molecule has 0 radical (unpaired) electrons. The van der Waals surface area contributed by atoms with Crippen molar-refractivity contribution in [1.29, 1.82) is 0 Å². The van der Waals surface area contributed by atoms with Gasteiger partial charge in [-0.2, -0.15) is 4.98 Å². The third-order valence-corrected chi connectivity index (χ3v) is 4.78. The smallest absolute Gasteiger partial charge is 0.328 e. The van der Waals surface area contributed by atoms with Crippen molar-refractivity contribution >= 4 is 34.8 Å². The molecule has 2 aromatic rings. The second-order valence-electron chi connectivity index (χ2n) is 6.03. The lowest BCUT2D eigenvalue weighted by Gasteiger charge is -2.15. The van der Waals surface area contributed by atoms with Gasteiger partial charge in [-0.25, -0.2) is 14.3 Å². The molecule has 0 saturated heterocycles. The predicted molar refractivity (Wildman–Crippen MR) is 109 cm³/mol. The lowest BCUT2D eigenvalue weighted by atomic mass is 10.2. The van der Waals surface area contributed by atoms with Gasteiger partial charge in [0.15, 0.2) is 5.82 Å². The monoisotopic (exact) mass is 432 g/mol. The zero-order valence-electron chi connectivity index (χ0n) is 14.1. The molecule has 0 saturated carbocycles. The van der Waals surface area contributed by atoms with E-state index in [1.807, 2.05) is 6.07 Å². The minimum Gasteiger partial charge on any atom is -0.328 e. The Hall–Kier alpha value is -2.67. The standard InChI is InChI=1S/C19H11Cl3N4O2/c20-12-6-13(21)8-14(7-12)26-18(27)15-2-1-5-25(17(15)24-19(26)28)10-11-3-4-16(22)23-9-11/h1-9H,10H2. The molecule has 1 aromatic carbocycles. The summed E-state index contributed by atoms with van der Waals surface area (Å²) < 4.78 is 2.66. The first-order valence-corrected chi connectivity index (χ1v) is 9.25. The van der Waals surface area contributed by atoms with E-state index >= 15 is 0 Å². The second-order valence-corrected chi connectivity index (χ2v) is 7.29. The average molecular weight is 434 g/mol. The van der Waals surface area contributed by atoms with Crippen LogP contribution in [0.25, 0.3) is 17.1 Å². The van der Waals surface area contributed by atoms with Crippen LogP contribution in [0.3, 0.4) is 0 Å². The third-order valence-electron chi connectivity index (χ3n) is 4.12. The van der Waals surface area contributed by atoms with Gasteiger partial charge in [0.05, 0.1) is 17.8 Å². The zero-order chi connectivity index (χ0) is 19.8. The van der Waals surface area contributed by atoms with E-state index in [0.29, 0.717) is 27.3 Å². The summed E-state index contributed by atoms with van der Waals surface area (Å²) in [6.07, 6.45) is 3.37. The van der Waals surface area contributed by atoms with Crippen LogP contribution in [0.1, 0.15) is 5.56 Å². The molecule has 4 rings (SSSR count). The number of nitrogens with zero attached hydrogens (tertiary/aromatic N) is 4. The molecule has 0 fully saturated rings. The van der Waals surface area contributed by atoms with Gasteiger partial charge >= 0.3 is 5.69 Å². The van der Waals surface area contributed by atoms with E-state index in [-0.39, 0.29) is 11.5 Å². The molecule has 3 heterocycles. The Bertz CT molecular complexity index is 1250. The van der Waals surface area contributed by atoms with E-state index in [1.165, 1.54) is 18.2 Å². The Kier molecular flexibility index (Phi) is 4.93. The van der Waals surface area contributed by atoms with E-state index in [1.54, 1.807) is 35.2 Å². The maximum absolute atomic E-state index is 13.0. The summed E-state index contributed by atoms with van der Waals surface area (Å²) in [5.41, 5.74) is 0.184. The first kappa shape index (κ1) is 18.7. The number of fused-ring (bicyclic) bond motifs is 1. The van der Waals surface area contributed by atoms with Crippen molar-refractivity contribution in [3.8, 4) is 17.1 Å². The van der Waals surface area contributed by atoms with Gasteiger partial charge in [0, 0.05) is 22.4 Å². The van der Waals surface area contributed by atoms with Gasteiger partial charge in [-0.3, -0.25) is 4.79 Å². The van der Waals surface area contributed by atoms with Gasteiger partial charge < -0.3 is 4.57 Å². The summed E-state index contributed by atoms with van der Waals surface area (Å²) in [7, 11) is 0. The molecule has 2 aliphatic heterocycles. The van der Waals surface area contributed by atoms with E-state index in [0.717, 1.165) is 10.1 Å². The molecule has 28 heavy (non-hydrogen) atoms. The average Bonchev–Trinajstić information content (AvgIpc) is 2.63. The van der Waals surface area contributed by atoms with Gasteiger partial charge in [0.2, 0.25) is 0 Å². The van der Waals surface area contributed by atoms with E-state index in [4.69, 9.17) is 34.8 Å². The Labute approximate surface area is 173 Å². The van der Waals surface area contributed by atoms with E-state index in [2.05, 4.69) is 9.97 Å². The second kappa shape index (κ2) is 7.39. The molecule has 0 bridgehead atoms. The Morgan fingerprint density at radius 2 is 1.71 bits per heavy atom. The largest absolute Gasteiger partial charge is 0.357 e. The Balaban J connectivity index is 1.88. The molecule has 0 aliphatic carbocycles. The summed E-state index contributed by atoms with van der Waals surface area (Å²) in [6, 6.07) is 11.3. The van der Waals surface area contributed by atoms with Crippen molar-refractivity contribution in [2.24, 2.45) is 0 Å². The summed E-state index contributed by atoms with van der Waals surface area (Å²) in [5, 5.41) is 1.01. The van der Waals surface area contributed by atoms with Crippen LogP contribution < -0.4 is 11.2 Å². The fourth-order valence-corrected chi connectivity index (χ4v) is 3.53. The molecule has 9 heteroatoms. The van der Waals surface area contributed by atoms with Gasteiger partial charge in [-0.05, 0) is 42.0 Å². The summed E-state index contributed by atoms with van der Waals surface area (Å²) >= 11 is 17.8. The highest BCUT2D eigenvalue weighted by atomic mass is 35.5. The molecule has 1 aromatic heterocycles. The summed E-state index contributed by atoms with van der Waals surface area (Å²) in [4.78, 5) is 33.8. The summed E-state index contributed by atoms with van der Waals surface area (Å²) in [6.45, 7) is 0.375. The van der Waals surface area contributed by atoms with Gasteiger partial charge in [0.25, 0.3) is 5.56 Å². The van der Waals surface area contributed by atoms with Crippen LogP contribution >= 0.6 is 34.8 Å². The summed E-state index contributed by atoms with van der Waals surface area (Å²) in [5.74, 6) is 0.275. The molecule has 0 unspecified atom stereocenters. The number of hydrogen-bond acceptors (Lipinski definition) is 4. The number of halogens is 3. The number of rotatable bonds is 3. The van der Waals surface area contributed by atoms with Gasteiger partial charge in [-0.1, -0.05) is 40.9 Å². The number of pyridine rings is 2. The normalized spacial score (nSPS) is 11.1. The maximum atomic E-state index is 13.0. The van der Waals surface area contributed by atoms with Crippen molar-refractivity contribution < 1.29 is 0 Å². The van der Waals surface area contributed by atoms with Crippen LogP contribution in [-0.4, -0.2) is 19.1 Å². The highest BCUT2D eigenvalue weighted by Crippen LogP contribution is 2.21. The molecule has 0 N–H and O–H groups in total. The first-order chi connectivity index (χ1) is 13.4. The predicted octanol–water partition coefficient (Wildman–Crippen LogP) is 3.90. The minimum atomic E-state index is -0.718. The Morgan fingerprint density at radius 1 is 0.964 bits per heavy atom. The van der Waals surface area contributed by atoms with Crippen molar-refractivity contribution in [3.63, 3.8) is 0 Å².